The molecule has 1 unspecified atom stereocenters. The monoisotopic (exact) mass is 406 g/mol. The van der Waals surface area contributed by atoms with E-state index in [0.717, 1.165) is 5.69 Å². The lowest BCUT2D eigenvalue weighted by Crippen LogP contribution is -2.24. The Morgan fingerprint density at radius 3 is 2.68 bits per heavy atom. The molecule has 2 heterocycles. The third-order valence-electron chi connectivity index (χ3n) is 2.79. The Bertz CT molecular complexity index is 504. The fourth-order valence-corrected chi connectivity index (χ4v) is 3.77. The molecule has 0 N–H and O–H groups in total. The van der Waals surface area contributed by atoms with Crippen LogP contribution in [-0.4, -0.2) is 28.3 Å². The van der Waals surface area contributed by atoms with Gasteiger partial charge in [0, 0.05) is 31.3 Å². The predicted octanol–water partition coefficient (Wildman–Crippen LogP) is 3.24. The first-order valence-electron chi connectivity index (χ1n) is 5.72. The standard InChI is InChI=1S/C12H12Br2N2O2S/c1-7(17)19-6-8-2-12(18)16(5-8)9-3-10(13)15-11(14)4-9/h3-4,8H,2,5-6H2,1H3. The van der Waals surface area contributed by atoms with Gasteiger partial charge >= 0.3 is 0 Å². The molecule has 19 heavy (non-hydrogen) atoms. The third kappa shape index (κ3) is 4.03. The number of thioether (sulfide) groups is 1. The molecule has 1 aromatic heterocycles. The molecule has 1 fully saturated rings. The second kappa shape index (κ2) is 6.37. The summed E-state index contributed by atoms with van der Waals surface area (Å²) in [5.41, 5.74) is 0.828. The van der Waals surface area contributed by atoms with Gasteiger partial charge in [0.25, 0.3) is 0 Å². The fraction of sp³-hybridized carbons (Fsp3) is 0.417. The number of carbonyl (C=O) groups is 2. The van der Waals surface area contributed by atoms with Crippen LogP contribution in [0, 0.1) is 5.92 Å². The van der Waals surface area contributed by atoms with E-state index in [1.54, 1.807) is 11.8 Å². The van der Waals surface area contributed by atoms with E-state index in [1.165, 1.54) is 11.8 Å². The van der Waals surface area contributed by atoms with E-state index in [2.05, 4.69) is 36.8 Å². The summed E-state index contributed by atoms with van der Waals surface area (Å²) in [6.45, 7) is 2.21. The Balaban J connectivity index is 2.09. The summed E-state index contributed by atoms with van der Waals surface area (Å²) < 4.78 is 1.37. The van der Waals surface area contributed by atoms with Gasteiger partial charge in [-0.2, -0.15) is 0 Å². The van der Waals surface area contributed by atoms with Crippen LogP contribution < -0.4 is 4.90 Å². The van der Waals surface area contributed by atoms with E-state index in [4.69, 9.17) is 0 Å². The van der Waals surface area contributed by atoms with Crippen LogP contribution in [0.2, 0.25) is 0 Å². The van der Waals surface area contributed by atoms with Gasteiger partial charge in [-0.1, -0.05) is 11.8 Å². The largest absolute Gasteiger partial charge is 0.312 e. The summed E-state index contributed by atoms with van der Waals surface area (Å²) in [7, 11) is 0. The lowest BCUT2D eigenvalue weighted by molar-refractivity contribution is -0.117. The maximum absolute atomic E-state index is 12.0. The number of pyridine rings is 1. The third-order valence-corrected chi connectivity index (χ3v) is 4.64. The smallest absolute Gasteiger partial charge is 0.227 e. The molecule has 0 radical (unpaired) electrons. The molecule has 1 atom stereocenters. The zero-order chi connectivity index (χ0) is 14.0. The topological polar surface area (TPSA) is 50.3 Å². The van der Waals surface area contributed by atoms with Crippen LogP contribution in [0.5, 0.6) is 0 Å². The Labute approximate surface area is 132 Å². The number of halogens is 2. The highest BCUT2D eigenvalue weighted by molar-refractivity contribution is 9.11. The minimum atomic E-state index is 0.0964. The molecule has 1 saturated heterocycles. The summed E-state index contributed by atoms with van der Waals surface area (Å²) in [6, 6.07) is 3.65. The van der Waals surface area contributed by atoms with Crippen molar-refractivity contribution < 1.29 is 9.59 Å². The van der Waals surface area contributed by atoms with E-state index in [1.807, 2.05) is 12.1 Å². The minimum absolute atomic E-state index is 0.0964. The normalized spacial score (nSPS) is 19.0. The SMILES string of the molecule is CC(=O)SCC1CC(=O)N(c2cc(Br)nc(Br)c2)C1. The van der Waals surface area contributed by atoms with Gasteiger partial charge < -0.3 is 4.90 Å². The van der Waals surface area contributed by atoms with Crippen LogP contribution >= 0.6 is 43.6 Å². The van der Waals surface area contributed by atoms with Gasteiger partial charge in [-0.15, -0.1) is 0 Å². The Morgan fingerprint density at radius 1 is 1.47 bits per heavy atom. The molecule has 2 rings (SSSR count). The highest BCUT2D eigenvalue weighted by atomic mass is 79.9. The lowest BCUT2D eigenvalue weighted by atomic mass is 10.1. The van der Waals surface area contributed by atoms with Crippen molar-refractivity contribution in [2.75, 3.05) is 17.2 Å². The van der Waals surface area contributed by atoms with Crippen LogP contribution in [-0.2, 0) is 9.59 Å². The predicted molar refractivity (Wildman–Crippen MR) is 83.2 cm³/mol. The van der Waals surface area contributed by atoms with Gasteiger partial charge in [-0.25, -0.2) is 4.98 Å². The molecule has 1 aliphatic heterocycles. The minimum Gasteiger partial charge on any atom is -0.312 e. The summed E-state index contributed by atoms with van der Waals surface area (Å²) in [4.78, 5) is 28.9. The van der Waals surface area contributed by atoms with Gasteiger partial charge in [0.2, 0.25) is 5.91 Å². The van der Waals surface area contributed by atoms with Crippen molar-refractivity contribution >= 4 is 60.3 Å². The van der Waals surface area contributed by atoms with Crippen LogP contribution in [0.3, 0.4) is 0 Å². The van der Waals surface area contributed by atoms with Crippen LogP contribution in [0.15, 0.2) is 21.3 Å². The Kier molecular flexibility index (Phi) is 5.03. The van der Waals surface area contributed by atoms with E-state index < -0.39 is 0 Å². The average molecular weight is 408 g/mol. The van der Waals surface area contributed by atoms with E-state index >= 15 is 0 Å². The highest BCUT2D eigenvalue weighted by Crippen LogP contribution is 2.30. The maximum Gasteiger partial charge on any atom is 0.227 e. The number of aromatic nitrogens is 1. The van der Waals surface area contributed by atoms with Crippen molar-refractivity contribution in [2.24, 2.45) is 5.92 Å². The van der Waals surface area contributed by atoms with Crippen LogP contribution in [0.4, 0.5) is 5.69 Å². The average Bonchev–Trinajstić information content (AvgIpc) is 2.66. The summed E-state index contributed by atoms with van der Waals surface area (Å²) >= 11 is 7.92. The molecule has 4 nitrogen and oxygen atoms in total. The molecule has 7 heteroatoms. The molecular formula is C12H12Br2N2O2S. The summed E-state index contributed by atoms with van der Waals surface area (Å²) in [5, 5.41) is 0.0975. The molecule has 1 amide bonds. The molecular weight excluding hydrogens is 396 g/mol. The molecule has 0 bridgehead atoms. The lowest BCUT2D eigenvalue weighted by Gasteiger charge is -2.17. The first-order chi connectivity index (χ1) is 8.95. The Morgan fingerprint density at radius 2 is 2.11 bits per heavy atom. The number of rotatable bonds is 3. The van der Waals surface area contributed by atoms with Crippen LogP contribution in [0.25, 0.3) is 0 Å². The first kappa shape index (κ1) is 15.0. The molecule has 1 aromatic rings. The van der Waals surface area contributed by atoms with Gasteiger partial charge in [0.15, 0.2) is 5.12 Å². The quantitative estimate of drug-likeness (QED) is 0.721. The van der Waals surface area contributed by atoms with Crippen molar-refractivity contribution in [3.63, 3.8) is 0 Å². The molecule has 102 valence electrons. The molecule has 0 aromatic carbocycles. The fourth-order valence-electron chi connectivity index (χ4n) is 1.99. The first-order valence-corrected chi connectivity index (χ1v) is 8.29. The van der Waals surface area contributed by atoms with Crippen molar-refractivity contribution in [1.82, 2.24) is 4.98 Å². The van der Waals surface area contributed by atoms with E-state index in [-0.39, 0.29) is 16.9 Å². The second-order valence-electron chi connectivity index (χ2n) is 4.35. The number of hydrogen-bond acceptors (Lipinski definition) is 4. The number of hydrogen-bond donors (Lipinski definition) is 0. The van der Waals surface area contributed by atoms with Crippen molar-refractivity contribution in [3.8, 4) is 0 Å². The van der Waals surface area contributed by atoms with Gasteiger partial charge in [0.05, 0.1) is 0 Å². The van der Waals surface area contributed by atoms with E-state index in [0.29, 0.717) is 27.9 Å². The number of carbonyl (C=O) groups excluding carboxylic acids is 2. The highest BCUT2D eigenvalue weighted by Gasteiger charge is 2.31. The Hall–Kier alpha value is -0.400. The molecule has 0 spiro atoms. The van der Waals surface area contributed by atoms with Crippen molar-refractivity contribution in [1.29, 1.82) is 0 Å². The van der Waals surface area contributed by atoms with Gasteiger partial charge in [-0.05, 0) is 49.9 Å². The van der Waals surface area contributed by atoms with Crippen molar-refractivity contribution in [3.05, 3.63) is 21.3 Å². The summed E-state index contributed by atoms with van der Waals surface area (Å²) in [5.74, 6) is 1.02. The number of amides is 1. The zero-order valence-corrected chi connectivity index (χ0v) is 14.2. The number of nitrogens with zero attached hydrogens (tertiary/aromatic N) is 2. The van der Waals surface area contributed by atoms with Crippen LogP contribution in [0.1, 0.15) is 13.3 Å². The molecule has 0 saturated carbocycles. The molecule has 1 aliphatic rings. The second-order valence-corrected chi connectivity index (χ2v) is 7.17. The molecule has 0 aliphatic carbocycles. The van der Waals surface area contributed by atoms with E-state index in [9.17, 15) is 9.59 Å². The zero-order valence-electron chi connectivity index (χ0n) is 10.2. The summed E-state index contributed by atoms with van der Waals surface area (Å²) in [6.07, 6.45) is 0.498. The van der Waals surface area contributed by atoms with Crippen molar-refractivity contribution in [2.45, 2.75) is 13.3 Å². The number of anilines is 1. The van der Waals surface area contributed by atoms with Gasteiger partial charge in [0.1, 0.15) is 9.21 Å². The van der Waals surface area contributed by atoms with Gasteiger partial charge in [-0.3, -0.25) is 9.59 Å². The maximum atomic E-state index is 12.0.